The quantitative estimate of drug-likeness (QED) is 0.418. The molecule has 3 aromatic rings. The molecule has 1 aromatic carbocycles. The Kier molecular flexibility index (Phi) is 6.46. The number of ether oxygens (including phenoxy) is 3. The van der Waals surface area contributed by atoms with E-state index >= 15 is 0 Å². The summed E-state index contributed by atoms with van der Waals surface area (Å²) in [5.41, 5.74) is 2.98. The lowest BCUT2D eigenvalue weighted by Gasteiger charge is -2.10. The molecule has 0 saturated carbocycles. The second-order valence-electron chi connectivity index (χ2n) is 7.82. The average molecular weight is 426 g/mol. The highest BCUT2D eigenvalue weighted by Gasteiger charge is 2.22. The third-order valence-electron chi connectivity index (χ3n) is 5.01. The molecule has 0 radical (unpaired) electrons. The lowest BCUT2D eigenvalue weighted by Crippen LogP contribution is -2.17. The number of hydrogen-bond acceptors (Lipinski definition) is 6. The fourth-order valence-corrected chi connectivity index (χ4v) is 3.95. The van der Waals surface area contributed by atoms with E-state index in [0.29, 0.717) is 18.4 Å². The van der Waals surface area contributed by atoms with Crippen molar-refractivity contribution in [1.29, 1.82) is 0 Å². The first kappa shape index (κ1) is 20.6. The molecule has 0 unspecified atom stereocenters. The fraction of sp³-hybridized carbons (Fsp3) is 0.364. The number of rotatable bonds is 9. The lowest BCUT2D eigenvalue weighted by molar-refractivity contribution is 0.0801. The maximum atomic E-state index is 9.27. The second kappa shape index (κ2) is 9.42. The van der Waals surface area contributed by atoms with Crippen LogP contribution < -0.4 is 9.47 Å². The Morgan fingerprint density at radius 3 is 2.90 bits per heavy atom. The second-order valence-corrected chi connectivity index (χ2v) is 11.2. The number of benzene rings is 1. The van der Waals surface area contributed by atoms with Gasteiger partial charge in [-0.05, 0) is 29.8 Å². The Balaban J connectivity index is 1.39. The summed E-state index contributed by atoms with van der Waals surface area (Å²) in [6, 6.07) is 12.6. The molecule has 7 nitrogen and oxygen atoms in total. The van der Waals surface area contributed by atoms with Gasteiger partial charge in [0.1, 0.15) is 24.3 Å². The first-order valence-electron chi connectivity index (χ1n) is 10.3. The van der Waals surface area contributed by atoms with E-state index in [0.717, 1.165) is 35.6 Å². The molecule has 1 aliphatic rings. The van der Waals surface area contributed by atoms with Crippen molar-refractivity contribution in [3.63, 3.8) is 0 Å². The molecule has 2 aromatic heterocycles. The minimum Gasteiger partial charge on any atom is -0.487 e. The number of aromatic nitrogens is 3. The first-order valence-corrected chi connectivity index (χ1v) is 13.4. The van der Waals surface area contributed by atoms with Crippen LogP contribution in [0.25, 0.3) is 11.3 Å². The summed E-state index contributed by atoms with van der Waals surface area (Å²) in [5, 5.41) is 13.6. The van der Waals surface area contributed by atoms with Crippen molar-refractivity contribution in [2.75, 3.05) is 13.2 Å². The molecular formula is C22H27N3O4Si. The van der Waals surface area contributed by atoms with E-state index in [4.69, 9.17) is 14.2 Å². The summed E-state index contributed by atoms with van der Waals surface area (Å²) >= 11 is 0. The predicted octanol–water partition coefficient (Wildman–Crippen LogP) is 3.49. The van der Waals surface area contributed by atoms with Crippen molar-refractivity contribution >= 4 is 8.80 Å². The highest BCUT2D eigenvalue weighted by Crippen LogP contribution is 2.34. The van der Waals surface area contributed by atoms with Crippen molar-refractivity contribution in [2.45, 2.75) is 38.4 Å². The Morgan fingerprint density at radius 2 is 2.13 bits per heavy atom. The highest BCUT2D eigenvalue weighted by atomic mass is 28.3. The molecule has 0 bridgehead atoms. The molecule has 8 heteroatoms. The molecule has 0 amide bonds. The minimum atomic E-state index is -0.596. The van der Waals surface area contributed by atoms with Gasteiger partial charge in [-0.25, -0.2) is 9.67 Å². The number of fused-ring (bicyclic) bond motifs is 1. The summed E-state index contributed by atoms with van der Waals surface area (Å²) in [6.07, 6.45) is 4.09. The van der Waals surface area contributed by atoms with Crippen LogP contribution in [0.4, 0.5) is 0 Å². The van der Waals surface area contributed by atoms with E-state index in [9.17, 15) is 5.11 Å². The largest absolute Gasteiger partial charge is 0.487 e. The number of pyridine rings is 1. The van der Waals surface area contributed by atoms with Crippen LogP contribution in [0.1, 0.15) is 5.56 Å². The summed E-state index contributed by atoms with van der Waals surface area (Å²) in [5.74, 6) is 1.91. The molecule has 158 valence electrons. The topological polar surface area (TPSA) is 78.6 Å². The zero-order valence-electron chi connectivity index (χ0n) is 17.3. The maximum absolute atomic E-state index is 9.27. The molecular weight excluding hydrogens is 398 g/mol. The molecule has 4 rings (SSSR count). The lowest BCUT2D eigenvalue weighted by atomic mass is 10.1. The van der Waals surface area contributed by atoms with Gasteiger partial charge in [0, 0.05) is 51.9 Å². The molecule has 0 aliphatic carbocycles. The van der Waals surface area contributed by atoms with Crippen molar-refractivity contribution < 1.29 is 19.3 Å². The van der Waals surface area contributed by atoms with E-state index in [1.165, 1.54) is 6.04 Å². The first-order chi connectivity index (χ1) is 14.6. The number of aliphatic hydroxyl groups excluding tert-OH is 1. The maximum Gasteiger partial charge on any atom is 0.219 e. The SMILES string of the molecule is C[SiH](C)CCOCn1nccc1-c1ccc(Oc2ccc3c(c2)O[C@@H](CO)C3)nc1. The van der Waals surface area contributed by atoms with Gasteiger partial charge in [-0.2, -0.15) is 5.10 Å². The molecule has 1 atom stereocenters. The predicted molar refractivity (Wildman–Crippen MR) is 117 cm³/mol. The van der Waals surface area contributed by atoms with Gasteiger partial charge in [0.15, 0.2) is 0 Å². The molecule has 0 fully saturated rings. The van der Waals surface area contributed by atoms with Crippen LogP contribution in [0.15, 0.2) is 48.8 Å². The van der Waals surface area contributed by atoms with Crippen LogP contribution in [0.5, 0.6) is 17.4 Å². The van der Waals surface area contributed by atoms with Crippen molar-refractivity contribution in [3.8, 4) is 28.6 Å². The number of hydrogen-bond donors (Lipinski definition) is 1. The third-order valence-corrected chi connectivity index (χ3v) is 6.40. The molecule has 3 heterocycles. The van der Waals surface area contributed by atoms with Crippen molar-refractivity contribution in [3.05, 3.63) is 54.4 Å². The number of aliphatic hydroxyl groups is 1. The van der Waals surface area contributed by atoms with Crippen LogP contribution in [0.3, 0.4) is 0 Å². The molecule has 1 aliphatic heterocycles. The monoisotopic (exact) mass is 425 g/mol. The molecule has 30 heavy (non-hydrogen) atoms. The Bertz CT molecular complexity index is 975. The van der Waals surface area contributed by atoms with E-state index in [1.54, 1.807) is 12.4 Å². The van der Waals surface area contributed by atoms with Crippen LogP contribution in [0, 0.1) is 0 Å². The summed E-state index contributed by atoms with van der Waals surface area (Å²) in [7, 11) is -0.596. The van der Waals surface area contributed by atoms with E-state index in [1.807, 2.05) is 41.1 Å². The van der Waals surface area contributed by atoms with Crippen molar-refractivity contribution in [2.24, 2.45) is 0 Å². The van der Waals surface area contributed by atoms with E-state index in [2.05, 4.69) is 23.2 Å². The van der Waals surface area contributed by atoms with Gasteiger partial charge in [-0.1, -0.05) is 19.2 Å². The highest BCUT2D eigenvalue weighted by molar-refractivity contribution is 6.55. The molecule has 1 N–H and O–H groups in total. The molecule has 0 spiro atoms. The van der Waals surface area contributed by atoms with Gasteiger partial charge in [0.25, 0.3) is 0 Å². The van der Waals surface area contributed by atoms with Gasteiger partial charge < -0.3 is 19.3 Å². The van der Waals surface area contributed by atoms with Crippen LogP contribution in [0.2, 0.25) is 19.1 Å². The van der Waals surface area contributed by atoms with Crippen LogP contribution in [-0.4, -0.2) is 48.0 Å². The average Bonchev–Trinajstić information content (AvgIpc) is 3.38. The Labute approximate surface area is 177 Å². The van der Waals surface area contributed by atoms with Crippen molar-refractivity contribution in [1.82, 2.24) is 14.8 Å². The third kappa shape index (κ3) is 4.89. The van der Waals surface area contributed by atoms with Gasteiger partial charge in [0.2, 0.25) is 5.88 Å². The molecule has 0 saturated heterocycles. The smallest absolute Gasteiger partial charge is 0.219 e. The fourth-order valence-electron chi connectivity index (χ4n) is 3.31. The van der Waals surface area contributed by atoms with Crippen LogP contribution >= 0.6 is 0 Å². The van der Waals surface area contributed by atoms with E-state index < -0.39 is 8.80 Å². The Hall–Kier alpha value is -2.68. The standard InChI is InChI=1S/C22H27N3O4Si/c1-30(2)10-9-27-15-25-20(7-8-24-25)17-4-6-22(23-13-17)29-18-5-3-16-11-19(14-26)28-21(16)12-18/h3-8,12-13,19,26,30H,9-11,14-15H2,1-2H3/t19-/m1/s1. The van der Waals surface area contributed by atoms with Gasteiger partial charge in [-0.15, -0.1) is 0 Å². The van der Waals surface area contributed by atoms with E-state index in [-0.39, 0.29) is 12.7 Å². The van der Waals surface area contributed by atoms with Gasteiger partial charge in [-0.3, -0.25) is 0 Å². The zero-order chi connectivity index (χ0) is 20.9. The van der Waals surface area contributed by atoms with Crippen LogP contribution in [-0.2, 0) is 17.9 Å². The van der Waals surface area contributed by atoms with Gasteiger partial charge >= 0.3 is 0 Å². The minimum absolute atomic E-state index is 0.00889. The number of nitrogens with zero attached hydrogens (tertiary/aromatic N) is 3. The zero-order valence-corrected chi connectivity index (χ0v) is 18.5. The summed E-state index contributed by atoms with van der Waals surface area (Å²) in [6.45, 7) is 5.86. The van der Waals surface area contributed by atoms with Gasteiger partial charge in [0.05, 0.1) is 12.3 Å². The Morgan fingerprint density at radius 1 is 1.23 bits per heavy atom. The summed E-state index contributed by atoms with van der Waals surface area (Å²) in [4.78, 5) is 4.44. The summed E-state index contributed by atoms with van der Waals surface area (Å²) < 4.78 is 19.2. The normalized spacial score (nSPS) is 15.3.